The van der Waals surface area contributed by atoms with Crippen LogP contribution in [-0.4, -0.2) is 38.3 Å². The largest absolute Gasteiger partial charge is 0.383 e. The third-order valence-electron chi connectivity index (χ3n) is 2.02. The first-order chi connectivity index (χ1) is 5.33. The van der Waals surface area contributed by atoms with E-state index < -0.39 is 0 Å². The number of rotatable bonds is 3. The van der Waals surface area contributed by atoms with Crippen LogP contribution in [0.5, 0.6) is 0 Å². The second kappa shape index (κ2) is 4.52. The van der Waals surface area contributed by atoms with Crippen molar-refractivity contribution in [2.45, 2.75) is 13.3 Å². The van der Waals surface area contributed by atoms with Gasteiger partial charge in [0.1, 0.15) is 0 Å². The summed E-state index contributed by atoms with van der Waals surface area (Å²) in [6.45, 7) is 6.44. The summed E-state index contributed by atoms with van der Waals surface area (Å²) < 4.78 is 5.02. The van der Waals surface area contributed by atoms with Crippen LogP contribution in [0.1, 0.15) is 13.3 Å². The van der Waals surface area contributed by atoms with Gasteiger partial charge in [0, 0.05) is 26.7 Å². The molecule has 0 N–H and O–H groups in total. The van der Waals surface area contributed by atoms with Gasteiger partial charge in [0.25, 0.3) is 0 Å². The van der Waals surface area contributed by atoms with Crippen LogP contribution in [0.4, 0.5) is 0 Å². The molecule has 0 aromatic heterocycles. The molecule has 0 spiro atoms. The molecule has 1 rings (SSSR count). The van der Waals surface area contributed by atoms with Crippen molar-refractivity contribution in [3.63, 3.8) is 0 Å². The van der Waals surface area contributed by atoms with Crippen LogP contribution in [0.25, 0.3) is 0 Å². The lowest BCUT2D eigenvalue weighted by Crippen LogP contribution is -2.32. The van der Waals surface area contributed by atoms with Crippen LogP contribution in [0, 0.1) is 0 Å². The molecular formula is C9H17NO. The van der Waals surface area contributed by atoms with Gasteiger partial charge in [-0.05, 0) is 13.3 Å². The average molecular weight is 155 g/mol. The maximum absolute atomic E-state index is 5.02. The van der Waals surface area contributed by atoms with E-state index in [2.05, 4.69) is 17.9 Å². The lowest BCUT2D eigenvalue weighted by atomic mass is 10.1. The molecule has 0 amide bonds. The lowest BCUT2D eigenvalue weighted by molar-refractivity contribution is 0.151. The second-order valence-corrected chi connectivity index (χ2v) is 3.11. The van der Waals surface area contributed by atoms with E-state index in [4.69, 9.17) is 4.74 Å². The standard InChI is InChI=1S/C9H17NO/c1-9-4-3-5-10(8-9)6-7-11-2/h4H,3,5-8H2,1-2H3. The molecule has 0 aliphatic carbocycles. The van der Waals surface area contributed by atoms with Gasteiger partial charge in [-0.3, -0.25) is 4.90 Å². The number of hydrogen-bond acceptors (Lipinski definition) is 2. The van der Waals surface area contributed by atoms with Gasteiger partial charge in [-0.25, -0.2) is 0 Å². The molecule has 0 saturated heterocycles. The first kappa shape index (κ1) is 8.75. The first-order valence-electron chi connectivity index (χ1n) is 4.20. The summed E-state index contributed by atoms with van der Waals surface area (Å²) in [7, 11) is 1.76. The van der Waals surface area contributed by atoms with Gasteiger partial charge in [0.05, 0.1) is 6.61 Å². The Labute approximate surface area is 68.8 Å². The topological polar surface area (TPSA) is 12.5 Å². The Morgan fingerprint density at radius 2 is 2.45 bits per heavy atom. The van der Waals surface area contributed by atoms with Gasteiger partial charge in [0.2, 0.25) is 0 Å². The van der Waals surface area contributed by atoms with Crippen LogP contribution in [0.3, 0.4) is 0 Å². The van der Waals surface area contributed by atoms with E-state index in [9.17, 15) is 0 Å². The summed E-state index contributed by atoms with van der Waals surface area (Å²) in [4.78, 5) is 2.43. The van der Waals surface area contributed by atoms with Crippen LogP contribution in [0.2, 0.25) is 0 Å². The van der Waals surface area contributed by atoms with E-state index in [-0.39, 0.29) is 0 Å². The van der Waals surface area contributed by atoms with E-state index in [1.165, 1.54) is 18.5 Å². The fraction of sp³-hybridized carbons (Fsp3) is 0.778. The summed E-state index contributed by atoms with van der Waals surface area (Å²) in [5.74, 6) is 0. The highest BCUT2D eigenvalue weighted by Crippen LogP contribution is 2.07. The normalized spacial score (nSPS) is 20.0. The predicted molar refractivity (Wildman–Crippen MR) is 46.7 cm³/mol. The zero-order chi connectivity index (χ0) is 8.10. The Kier molecular flexibility index (Phi) is 3.60. The molecular weight excluding hydrogens is 138 g/mol. The van der Waals surface area contributed by atoms with Crippen molar-refractivity contribution in [1.29, 1.82) is 0 Å². The Hall–Kier alpha value is -0.340. The first-order valence-corrected chi connectivity index (χ1v) is 4.20. The third kappa shape index (κ3) is 3.04. The minimum atomic E-state index is 0.854. The summed E-state index contributed by atoms with van der Waals surface area (Å²) in [5.41, 5.74) is 1.49. The molecule has 11 heavy (non-hydrogen) atoms. The van der Waals surface area contributed by atoms with Crippen molar-refractivity contribution in [3.8, 4) is 0 Å². The van der Waals surface area contributed by atoms with Crippen molar-refractivity contribution in [2.75, 3.05) is 33.4 Å². The average Bonchev–Trinajstić information content (AvgIpc) is 2.01. The van der Waals surface area contributed by atoms with E-state index in [1.807, 2.05) is 0 Å². The van der Waals surface area contributed by atoms with E-state index >= 15 is 0 Å². The number of hydrogen-bond donors (Lipinski definition) is 0. The van der Waals surface area contributed by atoms with Gasteiger partial charge in [0.15, 0.2) is 0 Å². The molecule has 0 saturated carbocycles. The fourth-order valence-electron chi connectivity index (χ4n) is 1.40. The molecule has 0 atom stereocenters. The quantitative estimate of drug-likeness (QED) is 0.569. The molecule has 2 nitrogen and oxygen atoms in total. The minimum Gasteiger partial charge on any atom is -0.383 e. The highest BCUT2D eigenvalue weighted by atomic mass is 16.5. The van der Waals surface area contributed by atoms with Gasteiger partial charge in [-0.2, -0.15) is 0 Å². The predicted octanol–water partition coefficient (Wildman–Crippen LogP) is 1.28. The zero-order valence-electron chi connectivity index (χ0n) is 7.47. The smallest absolute Gasteiger partial charge is 0.0589 e. The molecule has 1 heterocycles. The Bertz CT molecular complexity index is 142. The van der Waals surface area contributed by atoms with E-state index in [1.54, 1.807) is 7.11 Å². The van der Waals surface area contributed by atoms with E-state index in [0.29, 0.717) is 0 Å². The lowest BCUT2D eigenvalue weighted by Gasteiger charge is -2.25. The Balaban J connectivity index is 2.21. The van der Waals surface area contributed by atoms with Gasteiger partial charge in [-0.1, -0.05) is 11.6 Å². The molecule has 0 aromatic carbocycles. The fourth-order valence-corrected chi connectivity index (χ4v) is 1.40. The van der Waals surface area contributed by atoms with Crippen molar-refractivity contribution in [3.05, 3.63) is 11.6 Å². The number of nitrogens with zero attached hydrogens (tertiary/aromatic N) is 1. The van der Waals surface area contributed by atoms with Gasteiger partial charge in [-0.15, -0.1) is 0 Å². The monoisotopic (exact) mass is 155 g/mol. The molecule has 1 aliphatic heterocycles. The zero-order valence-corrected chi connectivity index (χ0v) is 7.47. The molecule has 0 aromatic rings. The molecule has 64 valence electrons. The second-order valence-electron chi connectivity index (χ2n) is 3.11. The summed E-state index contributed by atoms with van der Waals surface area (Å²) in [5, 5.41) is 0. The maximum Gasteiger partial charge on any atom is 0.0589 e. The third-order valence-corrected chi connectivity index (χ3v) is 2.02. The SMILES string of the molecule is COCCN1CCC=C(C)C1. The van der Waals surface area contributed by atoms with E-state index in [0.717, 1.165) is 19.7 Å². The summed E-state index contributed by atoms with van der Waals surface area (Å²) >= 11 is 0. The van der Waals surface area contributed by atoms with Crippen molar-refractivity contribution in [2.24, 2.45) is 0 Å². The highest BCUT2D eigenvalue weighted by molar-refractivity contribution is 5.04. The molecule has 0 bridgehead atoms. The maximum atomic E-state index is 5.02. The molecule has 0 radical (unpaired) electrons. The number of ether oxygens (including phenoxy) is 1. The molecule has 0 fully saturated rings. The molecule has 2 heteroatoms. The molecule has 0 unspecified atom stereocenters. The van der Waals surface area contributed by atoms with Crippen molar-refractivity contribution < 1.29 is 4.74 Å². The molecule has 1 aliphatic rings. The Morgan fingerprint density at radius 3 is 3.09 bits per heavy atom. The number of methoxy groups -OCH3 is 1. The summed E-state index contributed by atoms with van der Waals surface area (Å²) in [6, 6.07) is 0. The van der Waals surface area contributed by atoms with Crippen LogP contribution >= 0.6 is 0 Å². The highest BCUT2D eigenvalue weighted by Gasteiger charge is 2.08. The van der Waals surface area contributed by atoms with Crippen LogP contribution in [-0.2, 0) is 4.74 Å². The van der Waals surface area contributed by atoms with Crippen molar-refractivity contribution >= 4 is 0 Å². The van der Waals surface area contributed by atoms with Crippen molar-refractivity contribution in [1.82, 2.24) is 4.90 Å². The van der Waals surface area contributed by atoms with Gasteiger partial charge >= 0.3 is 0 Å². The van der Waals surface area contributed by atoms with Crippen LogP contribution < -0.4 is 0 Å². The van der Waals surface area contributed by atoms with Crippen LogP contribution in [0.15, 0.2) is 11.6 Å². The van der Waals surface area contributed by atoms with Gasteiger partial charge < -0.3 is 4.74 Å². The summed E-state index contributed by atoms with van der Waals surface area (Å²) in [6.07, 6.45) is 3.53. The Morgan fingerprint density at radius 1 is 1.64 bits per heavy atom. The minimum absolute atomic E-state index is 0.854.